The summed E-state index contributed by atoms with van der Waals surface area (Å²) in [6.07, 6.45) is 3.05. The molecule has 22 radical (unpaired) electrons. The summed E-state index contributed by atoms with van der Waals surface area (Å²) in [5.74, 6) is -0.316. The number of Topliss-reactive ketones (excluding diaryl/α,β-unsaturated/α-hetero) is 1. The van der Waals surface area contributed by atoms with Gasteiger partial charge in [0.05, 0.1) is 102 Å². The minimum atomic E-state index is -2.61. The highest BCUT2D eigenvalue weighted by Crippen LogP contribution is 2.59. The highest BCUT2D eigenvalue weighted by Gasteiger charge is 2.57. The van der Waals surface area contributed by atoms with Crippen LogP contribution in [-0.4, -0.2) is 138 Å². The number of aliphatic hydroxyl groups is 1. The normalized spacial score (nSPS) is 24.7. The number of hydrogen-bond acceptors (Lipinski definition) is 9. The number of fused-ring (bicyclic) bond motifs is 1. The van der Waals surface area contributed by atoms with Gasteiger partial charge in [0.15, 0.2) is 5.78 Å². The van der Waals surface area contributed by atoms with Crippen LogP contribution in [0.25, 0.3) is 11.0 Å². The largest absolute Gasteiger partial charge is 0.380 e. The van der Waals surface area contributed by atoms with Crippen molar-refractivity contribution in [1.29, 1.82) is 0 Å². The van der Waals surface area contributed by atoms with E-state index in [2.05, 4.69) is 25.6 Å². The standard InChI is InChI=1S/C24H18B11N7O3/c1-9-12-8-37-18(39-15(12)41(16(44)14(9)10(2)43)17-19(25,26)5-6-20(17,27)28)38-13-4-3-11(7-36-13)42-23(33,34)21(29,30)40-22(31,32)24(42,35)45/h3-4,7-8,17,40,45H,5-6H2,1-2H3,(H,36,37,38,39). The topological polar surface area (TPSA) is 125 Å². The van der Waals surface area contributed by atoms with E-state index in [1.807, 2.05) is 0 Å². The van der Waals surface area contributed by atoms with Crippen LogP contribution in [0.3, 0.4) is 0 Å². The van der Waals surface area contributed by atoms with E-state index in [0.717, 1.165) is 4.90 Å². The monoisotopic (exact) mass is 573 g/mol. The van der Waals surface area contributed by atoms with Gasteiger partial charge < -0.3 is 20.6 Å². The van der Waals surface area contributed by atoms with Gasteiger partial charge >= 0.3 is 0 Å². The van der Waals surface area contributed by atoms with Crippen molar-refractivity contribution < 1.29 is 9.90 Å². The third-order valence-corrected chi connectivity index (χ3v) is 8.47. The van der Waals surface area contributed by atoms with Gasteiger partial charge in [0, 0.05) is 17.6 Å². The third kappa shape index (κ3) is 5.16. The van der Waals surface area contributed by atoms with Crippen LogP contribution in [0, 0.1) is 6.92 Å². The van der Waals surface area contributed by atoms with Crippen molar-refractivity contribution in [1.82, 2.24) is 24.8 Å². The Bertz CT molecular complexity index is 1720. The van der Waals surface area contributed by atoms with Crippen molar-refractivity contribution in [2.75, 3.05) is 10.2 Å². The highest BCUT2D eigenvalue weighted by atomic mass is 16.3. The molecule has 2 fully saturated rings. The maximum Gasteiger partial charge on any atom is 0.263 e. The molecule has 0 amide bonds. The van der Waals surface area contributed by atoms with Gasteiger partial charge in [-0.1, -0.05) is 28.6 Å². The summed E-state index contributed by atoms with van der Waals surface area (Å²) in [5.41, 5.74) is -2.93. The molecule has 3 aromatic heterocycles. The van der Waals surface area contributed by atoms with Gasteiger partial charge in [0.1, 0.15) is 19.3 Å². The number of aromatic nitrogens is 4. The van der Waals surface area contributed by atoms with Crippen LogP contribution in [0.5, 0.6) is 0 Å². The van der Waals surface area contributed by atoms with Gasteiger partial charge in [-0.15, -0.1) is 0 Å². The minimum absolute atomic E-state index is 0.0153. The number of nitrogens with one attached hydrogen (secondary N) is 2. The molecule has 1 saturated carbocycles. The van der Waals surface area contributed by atoms with Gasteiger partial charge in [-0.05, 0) is 42.2 Å². The molecule has 1 atom stereocenters. The van der Waals surface area contributed by atoms with E-state index < -0.39 is 49.4 Å². The Balaban J connectivity index is 1.59. The molecule has 0 bridgehead atoms. The fraction of sp³-hybridized carbons (Fsp3) is 0.458. The zero-order chi connectivity index (χ0) is 33.7. The van der Waals surface area contributed by atoms with Gasteiger partial charge in [0.2, 0.25) is 5.95 Å². The second-order valence-electron chi connectivity index (χ2n) is 12.1. The number of hydrogen-bond donors (Lipinski definition) is 3. The predicted molar refractivity (Wildman–Crippen MR) is 182 cm³/mol. The first-order valence-corrected chi connectivity index (χ1v) is 13.6. The molecule has 200 valence electrons. The van der Waals surface area contributed by atoms with Crippen LogP contribution < -0.4 is 21.1 Å². The SMILES string of the molecule is [B]C1([B])CCC([B])([B])C1n1c(=O)c(C(C)=O)c(C)c2cnc(Nc3ccc(N4C([B])([B])C([B])([B])NC([B])([B])C4([B])O)cn3)nc21. The summed E-state index contributed by atoms with van der Waals surface area (Å²) in [6.45, 7) is 2.87. The molecule has 1 aliphatic heterocycles. The van der Waals surface area contributed by atoms with Crippen molar-refractivity contribution in [2.45, 2.75) is 64.8 Å². The summed E-state index contributed by atoms with van der Waals surface area (Å²) in [5, 5.41) is 7.03. The van der Waals surface area contributed by atoms with E-state index in [1.54, 1.807) is 6.92 Å². The molecule has 1 aliphatic carbocycles. The summed E-state index contributed by atoms with van der Waals surface area (Å²) < 4.78 is 1.17. The molecule has 0 spiro atoms. The summed E-state index contributed by atoms with van der Waals surface area (Å²) in [7, 11) is 67.9. The molecule has 3 N–H and O–H groups in total. The van der Waals surface area contributed by atoms with E-state index in [-0.39, 0.29) is 41.5 Å². The first-order valence-electron chi connectivity index (χ1n) is 13.6. The number of pyridine rings is 2. The smallest absolute Gasteiger partial charge is 0.263 e. The van der Waals surface area contributed by atoms with Gasteiger partial charge in [-0.25, -0.2) is 9.97 Å². The Morgan fingerprint density at radius 1 is 0.956 bits per heavy atom. The number of carbonyl (C=O) groups is 1. The lowest BCUT2D eigenvalue weighted by atomic mass is 9.32. The van der Waals surface area contributed by atoms with Crippen LogP contribution in [0.15, 0.2) is 29.3 Å². The van der Waals surface area contributed by atoms with Crippen molar-refractivity contribution in [2.24, 2.45) is 0 Å². The van der Waals surface area contributed by atoms with Crippen LogP contribution in [0.2, 0.25) is 10.4 Å². The van der Waals surface area contributed by atoms with E-state index in [0.29, 0.717) is 10.9 Å². The van der Waals surface area contributed by atoms with Crippen molar-refractivity contribution in [3.63, 3.8) is 0 Å². The fourth-order valence-electron chi connectivity index (χ4n) is 6.04. The van der Waals surface area contributed by atoms with Gasteiger partial charge in [-0.3, -0.25) is 14.2 Å². The van der Waals surface area contributed by atoms with Crippen molar-refractivity contribution >= 4 is 121 Å². The van der Waals surface area contributed by atoms with Crippen LogP contribution in [0.4, 0.5) is 17.5 Å². The minimum Gasteiger partial charge on any atom is -0.380 e. The molecule has 10 nitrogen and oxygen atoms in total. The Hall–Kier alpha value is -2.66. The molecule has 5 rings (SSSR count). The second-order valence-corrected chi connectivity index (χ2v) is 12.1. The molecule has 45 heavy (non-hydrogen) atoms. The number of ketones is 1. The Morgan fingerprint density at radius 2 is 1.56 bits per heavy atom. The lowest BCUT2D eigenvalue weighted by Crippen LogP contribution is -2.91. The maximum absolute atomic E-state index is 13.8. The van der Waals surface area contributed by atoms with Crippen LogP contribution in [0.1, 0.15) is 41.7 Å². The number of nitrogens with zero attached hydrogens (tertiary/aromatic N) is 5. The fourth-order valence-corrected chi connectivity index (χ4v) is 6.04. The molecule has 2 aliphatic rings. The lowest BCUT2D eigenvalue weighted by Gasteiger charge is -2.70. The summed E-state index contributed by atoms with van der Waals surface area (Å²) in [6, 6.07) is 1.71. The second kappa shape index (κ2) is 10.4. The lowest BCUT2D eigenvalue weighted by molar-refractivity contribution is 0.0550. The average Bonchev–Trinajstić information content (AvgIpc) is 3.10. The third-order valence-electron chi connectivity index (χ3n) is 8.47. The molecule has 1 unspecified atom stereocenters. The molecular weight excluding hydrogens is 553 g/mol. The summed E-state index contributed by atoms with van der Waals surface area (Å²) in [4.78, 5) is 40.3. The maximum atomic E-state index is 13.8. The highest BCUT2D eigenvalue weighted by molar-refractivity contribution is 6.58. The van der Waals surface area contributed by atoms with Gasteiger partial charge in [-0.2, -0.15) is 4.98 Å². The zero-order valence-corrected chi connectivity index (χ0v) is 24.7. The molecule has 3 aromatic rings. The zero-order valence-electron chi connectivity index (χ0n) is 24.7. The first kappa shape index (κ1) is 33.7. The average molecular weight is 571 g/mol. The van der Waals surface area contributed by atoms with E-state index in [4.69, 9.17) is 86.3 Å². The first-order chi connectivity index (χ1) is 20.5. The van der Waals surface area contributed by atoms with Crippen LogP contribution >= 0.6 is 0 Å². The number of carbonyl (C=O) groups excluding carboxylic acids is 1. The molecule has 0 aromatic carbocycles. The summed E-state index contributed by atoms with van der Waals surface area (Å²) >= 11 is 0. The van der Waals surface area contributed by atoms with Gasteiger partial charge in [0.25, 0.3) is 5.56 Å². The molecule has 21 heteroatoms. The number of rotatable bonds is 5. The Labute approximate surface area is 275 Å². The quantitative estimate of drug-likeness (QED) is 0.216. The number of aryl methyl sites for hydroxylation is 1. The molecular formula is C24H18B11N7O3. The van der Waals surface area contributed by atoms with Crippen molar-refractivity contribution in [3.8, 4) is 0 Å². The number of anilines is 3. The van der Waals surface area contributed by atoms with Crippen LogP contribution in [-0.2, 0) is 0 Å². The number of piperazine rings is 1. The van der Waals surface area contributed by atoms with E-state index in [9.17, 15) is 14.7 Å². The van der Waals surface area contributed by atoms with E-state index >= 15 is 0 Å². The Kier molecular flexibility index (Phi) is 7.81. The predicted octanol–water partition coefficient (Wildman–Crippen LogP) is -3.12. The van der Waals surface area contributed by atoms with Crippen molar-refractivity contribution in [3.05, 3.63) is 46.0 Å². The van der Waals surface area contributed by atoms with E-state index in [1.165, 1.54) is 36.0 Å². The molecule has 4 heterocycles. The molecule has 1 saturated heterocycles. The Morgan fingerprint density at radius 3 is 2.09 bits per heavy atom.